The van der Waals surface area contributed by atoms with Gasteiger partial charge in [0.05, 0.1) is 13.2 Å². The summed E-state index contributed by atoms with van der Waals surface area (Å²) in [4.78, 5) is 11.9. The summed E-state index contributed by atoms with van der Waals surface area (Å²) in [6.45, 7) is 4.59. The van der Waals surface area contributed by atoms with Crippen molar-refractivity contribution in [3.05, 3.63) is 0 Å². The van der Waals surface area contributed by atoms with Crippen LogP contribution in [0.25, 0.3) is 0 Å². The molecule has 1 fully saturated rings. The Bertz CT molecular complexity index is 216. The minimum atomic E-state index is -0.647. The molecule has 1 rings (SSSR count). The van der Waals surface area contributed by atoms with E-state index in [9.17, 15) is 4.79 Å². The molecule has 1 N–H and O–H groups in total. The van der Waals surface area contributed by atoms with Gasteiger partial charge in [-0.2, -0.15) is 0 Å². The number of rotatable bonds is 7. The number of hydrogen-bond acceptors (Lipinski definition) is 4. The highest BCUT2D eigenvalue weighted by atomic mass is 16.5. The molecule has 0 radical (unpaired) electrons. The minimum absolute atomic E-state index is 0.193. The van der Waals surface area contributed by atoms with Crippen LogP contribution >= 0.6 is 0 Å². The largest absolute Gasteiger partial charge is 0.465 e. The normalized spacial score (nSPS) is 19.7. The van der Waals surface area contributed by atoms with Crippen LogP contribution in [0.2, 0.25) is 0 Å². The van der Waals surface area contributed by atoms with Crippen molar-refractivity contribution in [1.82, 2.24) is 5.32 Å². The summed E-state index contributed by atoms with van der Waals surface area (Å²) >= 11 is 0. The van der Waals surface area contributed by atoms with E-state index in [0.29, 0.717) is 25.7 Å². The molecular formula is C11H21NO3. The molecule has 0 aromatic carbocycles. The van der Waals surface area contributed by atoms with Crippen LogP contribution in [-0.4, -0.2) is 37.9 Å². The second kappa shape index (κ2) is 5.47. The van der Waals surface area contributed by atoms with Gasteiger partial charge < -0.3 is 9.47 Å². The molecule has 0 heterocycles. The highest BCUT2D eigenvalue weighted by molar-refractivity contribution is 5.81. The first-order valence-electron chi connectivity index (χ1n) is 5.62. The molecule has 88 valence electrons. The molecule has 1 atom stereocenters. The predicted octanol–water partition coefficient (Wildman–Crippen LogP) is 1.10. The first-order valence-corrected chi connectivity index (χ1v) is 5.62. The molecule has 0 spiro atoms. The Labute approximate surface area is 91.3 Å². The van der Waals surface area contributed by atoms with Crippen molar-refractivity contribution in [2.75, 3.05) is 20.3 Å². The van der Waals surface area contributed by atoms with Gasteiger partial charge >= 0.3 is 5.97 Å². The Morgan fingerprint density at radius 3 is 2.53 bits per heavy atom. The van der Waals surface area contributed by atoms with Gasteiger partial charge in [-0.1, -0.05) is 6.92 Å². The average Bonchev–Trinajstić information content (AvgIpc) is 3.01. The zero-order valence-electron chi connectivity index (χ0n) is 9.84. The maximum Gasteiger partial charge on any atom is 0.328 e. The van der Waals surface area contributed by atoms with Gasteiger partial charge in [-0.3, -0.25) is 5.32 Å². The van der Waals surface area contributed by atoms with E-state index in [0.717, 1.165) is 12.8 Å². The van der Waals surface area contributed by atoms with Crippen molar-refractivity contribution in [3.63, 3.8) is 0 Å². The molecule has 0 aromatic rings. The first kappa shape index (κ1) is 12.5. The Morgan fingerprint density at radius 2 is 2.13 bits per heavy atom. The maximum absolute atomic E-state index is 11.9. The number of carbonyl (C=O) groups excluding carboxylic acids is 1. The molecule has 1 saturated carbocycles. The number of esters is 1. The Balaban J connectivity index is 2.65. The lowest BCUT2D eigenvalue weighted by Gasteiger charge is -2.30. The highest BCUT2D eigenvalue weighted by Crippen LogP contribution is 2.25. The quantitative estimate of drug-likeness (QED) is 0.646. The van der Waals surface area contributed by atoms with Gasteiger partial charge in [-0.25, -0.2) is 4.79 Å². The Morgan fingerprint density at radius 1 is 1.47 bits per heavy atom. The van der Waals surface area contributed by atoms with Crippen LogP contribution in [0.1, 0.15) is 33.1 Å². The minimum Gasteiger partial charge on any atom is -0.465 e. The van der Waals surface area contributed by atoms with Crippen LogP contribution in [0.5, 0.6) is 0 Å². The second-order valence-corrected chi connectivity index (χ2v) is 4.01. The fourth-order valence-electron chi connectivity index (χ4n) is 1.64. The van der Waals surface area contributed by atoms with Crippen LogP contribution in [0, 0.1) is 0 Å². The second-order valence-electron chi connectivity index (χ2n) is 4.01. The molecule has 1 unspecified atom stereocenters. The summed E-state index contributed by atoms with van der Waals surface area (Å²) in [6, 6.07) is 0.463. The topological polar surface area (TPSA) is 47.6 Å². The van der Waals surface area contributed by atoms with Gasteiger partial charge in [0.1, 0.15) is 5.54 Å². The molecule has 0 aromatic heterocycles. The average molecular weight is 215 g/mol. The van der Waals surface area contributed by atoms with Crippen molar-refractivity contribution >= 4 is 5.97 Å². The van der Waals surface area contributed by atoms with E-state index in [-0.39, 0.29) is 5.97 Å². The predicted molar refractivity (Wildman–Crippen MR) is 57.7 cm³/mol. The van der Waals surface area contributed by atoms with E-state index in [2.05, 4.69) is 5.32 Å². The maximum atomic E-state index is 11.9. The standard InChI is InChI=1S/C11H21NO3/c1-4-11(8-14-3,10(13)15-5-2)12-9-6-7-9/h9,12H,4-8H2,1-3H3. The fourth-order valence-corrected chi connectivity index (χ4v) is 1.64. The number of hydrogen-bond donors (Lipinski definition) is 1. The Hall–Kier alpha value is -0.610. The molecular weight excluding hydrogens is 194 g/mol. The SMILES string of the molecule is CCOC(=O)C(CC)(COC)NC1CC1. The van der Waals surface area contributed by atoms with Crippen LogP contribution in [0.4, 0.5) is 0 Å². The molecule has 15 heavy (non-hydrogen) atoms. The molecule has 0 bridgehead atoms. The molecule has 0 saturated heterocycles. The van der Waals surface area contributed by atoms with Crippen molar-refractivity contribution in [2.45, 2.75) is 44.7 Å². The van der Waals surface area contributed by atoms with Gasteiger partial charge in [0.25, 0.3) is 0 Å². The van der Waals surface area contributed by atoms with Crippen LogP contribution in [-0.2, 0) is 14.3 Å². The van der Waals surface area contributed by atoms with E-state index < -0.39 is 5.54 Å². The van der Waals surface area contributed by atoms with Crippen molar-refractivity contribution < 1.29 is 14.3 Å². The molecule has 1 aliphatic rings. The van der Waals surface area contributed by atoms with E-state index in [1.807, 2.05) is 13.8 Å². The lowest BCUT2D eigenvalue weighted by Crippen LogP contribution is -2.56. The van der Waals surface area contributed by atoms with Crippen LogP contribution < -0.4 is 5.32 Å². The fraction of sp³-hybridized carbons (Fsp3) is 0.909. The zero-order valence-corrected chi connectivity index (χ0v) is 9.84. The third-order valence-corrected chi connectivity index (χ3v) is 2.72. The smallest absolute Gasteiger partial charge is 0.328 e. The van der Waals surface area contributed by atoms with Gasteiger partial charge in [0.15, 0.2) is 0 Å². The van der Waals surface area contributed by atoms with Crippen molar-refractivity contribution in [1.29, 1.82) is 0 Å². The van der Waals surface area contributed by atoms with E-state index in [1.54, 1.807) is 7.11 Å². The molecule has 0 aliphatic heterocycles. The van der Waals surface area contributed by atoms with E-state index in [1.165, 1.54) is 0 Å². The zero-order chi connectivity index (χ0) is 11.3. The summed E-state index contributed by atoms with van der Waals surface area (Å²) in [6.07, 6.45) is 2.98. The van der Waals surface area contributed by atoms with Crippen LogP contribution in [0.15, 0.2) is 0 Å². The van der Waals surface area contributed by atoms with Gasteiger partial charge in [0.2, 0.25) is 0 Å². The lowest BCUT2D eigenvalue weighted by atomic mass is 9.97. The molecule has 1 aliphatic carbocycles. The summed E-state index contributed by atoms with van der Waals surface area (Å²) in [5, 5.41) is 3.34. The van der Waals surface area contributed by atoms with Crippen molar-refractivity contribution in [3.8, 4) is 0 Å². The van der Waals surface area contributed by atoms with E-state index >= 15 is 0 Å². The van der Waals surface area contributed by atoms with Crippen LogP contribution in [0.3, 0.4) is 0 Å². The first-order chi connectivity index (χ1) is 7.18. The molecule has 0 amide bonds. The lowest BCUT2D eigenvalue weighted by molar-refractivity contribution is -0.154. The summed E-state index contributed by atoms with van der Waals surface area (Å²) < 4.78 is 10.2. The third kappa shape index (κ3) is 3.18. The number of nitrogens with one attached hydrogen (secondary N) is 1. The van der Waals surface area contributed by atoms with Crippen molar-refractivity contribution in [2.24, 2.45) is 0 Å². The van der Waals surface area contributed by atoms with Gasteiger partial charge in [-0.15, -0.1) is 0 Å². The Kier molecular flexibility index (Phi) is 4.54. The summed E-state index contributed by atoms with van der Waals surface area (Å²) in [7, 11) is 1.61. The number of methoxy groups -OCH3 is 1. The third-order valence-electron chi connectivity index (χ3n) is 2.72. The molecule has 4 heteroatoms. The van der Waals surface area contributed by atoms with Gasteiger partial charge in [-0.05, 0) is 26.2 Å². The monoisotopic (exact) mass is 215 g/mol. The number of carbonyl (C=O) groups is 1. The number of ether oxygens (including phenoxy) is 2. The summed E-state index contributed by atoms with van der Waals surface area (Å²) in [5.74, 6) is -0.193. The molecule has 4 nitrogen and oxygen atoms in total. The summed E-state index contributed by atoms with van der Waals surface area (Å²) in [5.41, 5.74) is -0.647. The van der Waals surface area contributed by atoms with Gasteiger partial charge in [0, 0.05) is 13.2 Å². The highest BCUT2D eigenvalue weighted by Gasteiger charge is 2.42. The van der Waals surface area contributed by atoms with E-state index in [4.69, 9.17) is 9.47 Å².